The molecule has 0 fully saturated rings. The Morgan fingerprint density at radius 3 is 0.908 bits per heavy atom. The van der Waals surface area contributed by atoms with Crippen LogP contribution in [0.15, 0.2) is 200 Å². The van der Waals surface area contributed by atoms with Crippen molar-refractivity contribution >= 4 is 43.1 Å². The number of rotatable bonds is 15. The Morgan fingerprint density at radius 1 is 0.276 bits per heavy atom. The molecule has 0 bridgehead atoms. The fourth-order valence-electron chi connectivity index (χ4n) is 14.9. The van der Waals surface area contributed by atoms with Gasteiger partial charge in [-0.25, -0.2) is 0 Å². The molecule has 13 rings (SSSR count). The molecule has 0 aliphatic heterocycles. The molecule has 11 aromatic rings. The van der Waals surface area contributed by atoms with Gasteiger partial charge in [-0.05, 0) is 195 Å². The van der Waals surface area contributed by atoms with E-state index in [0.717, 1.165) is 70.1 Å². The highest BCUT2D eigenvalue weighted by molar-refractivity contribution is 6.23. The zero-order chi connectivity index (χ0) is 51.5. The summed E-state index contributed by atoms with van der Waals surface area (Å²) in [6.45, 7) is 12.4. The molecule has 11 aromatic carbocycles. The normalized spacial score (nSPS) is 13.8. The third-order valence-corrected chi connectivity index (χ3v) is 17.7. The van der Waals surface area contributed by atoms with Gasteiger partial charge < -0.3 is 4.74 Å². The van der Waals surface area contributed by atoms with Gasteiger partial charge in [0.15, 0.2) is 0 Å². The van der Waals surface area contributed by atoms with Crippen LogP contribution >= 0.6 is 0 Å². The summed E-state index contributed by atoms with van der Waals surface area (Å²) in [5.74, 6) is 0.919. The molecule has 0 N–H and O–H groups in total. The van der Waals surface area contributed by atoms with Gasteiger partial charge in [0, 0.05) is 10.8 Å². The lowest BCUT2D eigenvalue weighted by atomic mass is 9.70. The van der Waals surface area contributed by atoms with Crippen LogP contribution in [0.3, 0.4) is 0 Å². The van der Waals surface area contributed by atoms with Gasteiger partial charge in [-0.1, -0.05) is 230 Å². The zero-order valence-electron chi connectivity index (χ0n) is 45.0. The van der Waals surface area contributed by atoms with Crippen LogP contribution in [-0.4, -0.2) is 6.61 Å². The fourth-order valence-corrected chi connectivity index (χ4v) is 14.9. The molecule has 76 heavy (non-hydrogen) atoms. The maximum absolute atomic E-state index is 6.03. The van der Waals surface area contributed by atoms with Crippen molar-refractivity contribution in [3.8, 4) is 72.5 Å². The van der Waals surface area contributed by atoms with Gasteiger partial charge in [-0.2, -0.15) is 0 Å². The van der Waals surface area contributed by atoms with Gasteiger partial charge in [0.2, 0.25) is 0 Å². The van der Waals surface area contributed by atoms with E-state index in [0.29, 0.717) is 0 Å². The molecule has 0 amide bonds. The largest absolute Gasteiger partial charge is 0.494 e. The van der Waals surface area contributed by atoms with E-state index in [1.54, 1.807) is 0 Å². The first kappa shape index (κ1) is 47.9. The monoisotopic (exact) mass is 985 g/mol. The molecule has 0 atom stereocenters. The SMILES string of the molecule is CCCOc1ccc(-c2c3ccccc3c(-c3ccc4c(c3)C(CCC)(CCC)c3cc(-c5c6ccccc6c(-c6ccc7c(c6)C(CCC)(CCC)c6ccccc6-7)c6ccccc56)ccc3-4)c3ccccc23)cc1. The van der Waals surface area contributed by atoms with Crippen molar-refractivity contribution in [1.29, 1.82) is 0 Å². The molecule has 0 aromatic heterocycles. The van der Waals surface area contributed by atoms with Crippen LogP contribution in [0, 0.1) is 0 Å². The molecule has 1 heteroatoms. The Morgan fingerprint density at radius 2 is 0.566 bits per heavy atom. The Kier molecular flexibility index (Phi) is 12.3. The van der Waals surface area contributed by atoms with Crippen LogP contribution in [0.2, 0.25) is 0 Å². The quantitative estimate of drug-likeness (QED) is 0.0930. The van der Waals surface area contributed by atoms with E-state index < -0.39 is 0 Å². The second-order valence-electron chi connectivity index (χ2n) is 22.0. The highest BCUT2D eigenvalue weighted by Crippen LogP contribution is 2.58. The first-order valence-corrected chi connectivity index (χ1v) is 28.6. The summed E-state index contributed by atoms with van der Waals surface area (Å²) in [7, 11) is 0. The molecule has 0 saturated carbocycles. The lowest BCUT2D eigenvalue weighted by Gasteiger charge is -2.33. The highest BCUT2D eigenvalue weighted by atomic mass is 16.5. The Hall–Kier alpha value is -7.74. The van der Waals surface area contributed by atoms with Crippen molar-refractivity contribution in [3.05, 3.63) is 222 Å². The lowest BCUT2D eigenvalue weighted by Crippen LogP contribution is -2.25. The zero-order valence-corrected chi connectivity index (χ0v) is 45.0. The van der Waals surface area contributed by atoms with E-state index in [2.05, 4.69) is 235 Å². The summed E-state index contributed by atoms with van der Waals surface area (Å²) < 4.78 is 6.03. The number of hydrogen-bond acceptors (Lipinski definition) is 1. The van der Waals surface area contributed by atoms with Crippen molar-refractivity contribution in [1.82, 2.24) is 0 Å². The third-order valence-electron chi connectivity index (χ3n) is 17.7. The van der Waals surface area contributed by atoms with Crippen LogP contribution in [0.1, 0.15) is 115 Å². The van der Waals surface area contributed by atoms with Crippen molar-refractivity contribution in [3.63, 3.8) is 0 Å². The van der Waals surface area contributed by atoms with Crippen molar-refractivity contribution in [2.24, 2.45) is 0 Å². The minimum Gasteiger partial charge on any atom is -0.494 e. The minimum absolute atomic E-state index is 0.0205. The van der Waals surface area contributed by atoms with E-state index in [9.17, 15) is 0 Å². The average molecular weight is 985 g/mol. The van der Waals surface area contributed by atoms with Crippen LogP contribution in [-0.2, 0) is 10.8 Å². The molecule has 0 heterocycles. The van der Waals surface area contributed by atoms with Gasteiger partial charge in [-0.15, -0.1) is 0 Å². The molecular formula is C75H68O. The van der Waals surface area contributed by atoms with E-state index in [1.165, 1.54) is 132 Å². The predicted molar refractivity (Wildman–Crippen MR) is 326 cm³/mol. The maximum Gasteiger partial charge on any atom is 0.119 e. The topological polar surface area (TPSA) is 9.23 Å². The van der Waals surface area contributed by atoms with Crippen LogP contribution < -0.4 is 4.74 Å². The number of fused-ring (bicyclic) bond motifs is 10. The molecule has 0 saturated heterocycles. The fraction of sp³-hybridized carbons (Fsp3) is 0.227. The predicted octanol–water partition coefficient (Wildman–Crippen LogP) is 21.5. The van der Waals surface area contributed by atoms with E-state index in [1.807, 2.05) is 0 Å². The summed E-state index contributed by atoms with van der Waals surface area (Å²) in [5, 5.41) is 10.4. The molecule has 1 nitrogen and oxygen atoms in total. The Bertz CT molecular complexity index is 3910. The van der Waals surface area contributed by atoms with E-state index >= 15 is 0 Å². The number of ether oxygens (including phenoxy) is 1. The van der Waals surface area contributed by atoms with Gasteiger partial charge >= 0.3 is 0 Å². The molecule has 2 aliphatic carbocycles. The van der Waals surface area contributed by atoms with Crippen molar-refractivity contribution in [2.45, 2.75) is 103 Å². The minimum atomic E-state index is -0.135. The molecule has 0 unspecified atom stereocenters. The molecule has 374 valence electrons. The van der Waals surface area contributed by atoms with E-state index in [4.69, 9.17) is 4.74 Å². The van der Waals surface area contributed by atoms with Crippen molar-refractivity contribution in [2.75, 3.05) is 6.61 Å². The number of hydrogen-bond donors (Lipinski definition) is 0. The van der Waals surface area contributed by atoms with Crippen LogP contribution in [0.25, 0.3) is 110 Å². The Labute approximate surface area is 450 Å². The third kappa shape index (κ3) is 7.33. The number of benzene rings is 11. The van der Waals surface area contributed by atoms with Gasteiger partial charge in [-0.3, -0.25) is 0 Å². The highest BCUT2D eigenvalue weighted by Gasteiger charge is 2.44. The van der Waals surface area contributed by atoms with Crippen molar-refractivity contribution < 1.29 is 4.74 Å². The van der Waals surface area contributed by atoms with Gasteiger partial charge in [0.05, 0.1) is 6.61 Å². The first-order valence-electron chi connectivity index (χ1n) is 28.6. The van der Waals surface area contributed by atoms with Gasteiger partial charge in [0.25, 0.3) is 0 Å². The standard InChI is InChI=1S/C75H68O/c1-6-41-74(42-7-2)66-30-20-19-21-54(66)55-38-33-50(46-67(55)74)72-62-26-15-17-28-64(62)73(65-29-18-16-27-63(65)72)52-35-40-57-56-39-34-51(47-68(56)75(43-8-3,44-9-4)69(57)48-52)71-60-24-13-11-22-58(60)70(59-23-12-14-25-61(59)71)49-31-36-53(37-32-49)76-45-10-5/h11-40,46-48H,6-10,41-45H2,1-5H3. The van der Waals surface area contributed by atoms with Crippen LogP contribution in [0.4, 0.5) is 0 Å². The molecule has 2 aliphatic rings. The summed E-state index contributed by atoms with van der Waals surface area (Å²) in [6.07, 6.45) is 9.97. The lowest BCUT2D eigenvalue weighted by molar-refractivity contribution is 0.317. The summed E-state index contributed by atoms with van der Waals surface area (Å²) in [4.78, 5) is 0. The summed E-state index contributed by atoms with van der Waals surface area (Å²) in [5.41, 5.74) is 21.8. The first-order chi connectivity index (χ1) is 37.5. The maximum atomic E-state index is 6.03. The molecular weight excluding hydrogens is 917 g/mol. The smallest absolute Gasteiger partial charge is 0.119 e. The second-order valence-corrected chi connectivity index (χ2v) is 22.0. The Balaban J connectivity index is 0.975. The summed E-state index contributed by atoms with van der Waals surface area (Å²) in [6, 6.07) is 77.2. The average Bonchev–Trinajstić information content (AvgIpc) is 3.90. The van der Waals surface area contributed by atoms with Gasteiger partial charge in [0.1, 0.15) is 5.75 Å². The van der Waals surface area contributed by atoms with E-state index in [-0.39, 0.29) is 10.8 Å². The molecule has 0 spiro atoms. The summed E-state index contributed by atoms with van der Waals surface area (Å²) >= 11 is 0. The second kappa shape index (κ2) is 19.4. The molecule has 0 radical (unpaired) electrons. The van der Waals surface area contributed by atoms with Crippen LogP contribution in [0.5, 0.6) is 5.75 Å².